The molecule has 0 bridgehead atoms. The van der Waals surface area contributed by atoms with Gasteiger partial charge in [-0.1, -0.05) is 25.4 Å². The summed E-state index contributed by atoms with van der Waals surface area (Å²) in [4.78, 5) is 0. The molecule has 0 amide bonds. The summed E-state index contributed by atoms with van der Waals surface area (Å²) in [7, 11) is 3.30. The summed E-state index contributed by atoms with van der Waals surface area (Å²) in [6, 6.07) is 2.40. The van der Waals surface area contributed by atoms with E-state index in [1.807, 2.05) is 6.07 Å². The fourth-order valence-electron chi connectivity index (χ4n) is 2.87. The molecule has 19 heavy (non-hydrogen) atoms. The second-order valence-corrected chi connectivity index (χ2v) is 5.64. The molecule has 1 aliphatic rings. The number of methoxy groups -OCH3 is 2. The van der Waals surface area contributed by atoms with Crippen LogP contribution in [-0.2, 0) is 0 Å². The lowest BCUT2D eigenvalue weighted by molar-refractivity contribution is 0.349. The molecule has 0 saturated carbocycles. The van der Waals surface area contributed by atoms with Gasteiger partial charge in [0.1, 0.15) is 0 Å². The Morgan fingerprint density at radius 2 is 1.95 bits per heavy atom. The number of benzene rings is 1. The SMILES string of the molecule is COc1c(Cl)cc(C2CCCN2)c(C(C)C)c1OC. The molecule has 1 fully saturated rings. The predicted octanol–water partition coefficient (Wildman–Crippen LogP) is 3.91. The summed E-state index contributed by atoms with van der Waals surface area (Å²) in [6.45, 7) is 5.40. The maximum absolute atomic E-state index is 6.34. The zero-order chi connectivity index (χ0) is 14.0. The van der Waals surface area contributed by atoms with Crippen LogP contribution in [0.2, 0.25) is 5.02 Å². The van der Waals surface area contributed by atoms with E-state index in [9.17, 15) is 0 Å². The van der Waals surface area contributed by atoms with Gasteiger partial charge in [-0.25, -0.2) is 0 Å². The second-order valence-electron chi connectivity index (χ2n) is 5.23. The molecule has 0 aliphatic carbocycles. The number of hydrogen-bond acceptors (Lipinski definition) is 3. The van der Waals surface area contributed by atoms with Crippen LogP contribution in [0.5, 0.6) is 11.5 Å². The normalized spacial score (nSPS) is 18.9. The van der Waals surface area contributed by atoms with Crippen molar-refractivity contribution in [2.45, 2.75) is 38.6 Å². The highest BCUT2D eigenvalue weighted by Crippen LogP contribution is 2.45. The van der Waals surface area contributed by atoms with Crippen molar-refractivity contribution in [3.05, 3.63) is 22.2 Å². The van der Waals surface area contributed by atoms with E-state index in [1.165, 1.54) is 17.5 Å². The molecule has 1 N–H and O–H groups in total. The Labute approximate surface area is 120 Å². The van der Waals surface area contributed by atoms with Gasteiger partial charge in [-0.3, -0.25) is 0 Å². The molecule has 1 aromatic carbocycles. The number of rotatable bonds is 4. The van der Waals surface area contributed by atoms with Crippen molar-refractivity contribution in [2.24, 2.45) is 0 Å². The van der Waals surface area contributed by atoms with Crippen LogP contribution < -0.4 is 14.8 Å². The molecule has 1 unspecified atom stereocenters. The molecule has 1 heterocycles. The average molecular weight is 284 g/mol. The van der Waals surface area contributed by atoms with Gasteiger partial charge < -0.3 is 14.8 Å². The molecule has 0 spiro atoms. The minimum Gasteiger partial charge on any atom is -0.492 e. The largest absolute Gasteiger partial charge is 0.492 e. The second kappa shape index (κ2) is 6.02. The Balaban J connectivity index is 2.61. The van der Waals surface area contributed by atoms with Gasteiger partial charge in [-0.2, -0.15) is 0 Å². The van der Waals surface area contributed by atoms with Crippen molar-refractivity contribution >= 4 is 11.6 Å². The summed E-state index contributed by atoms with van der Waals surface area (Å²) in [5.41, 5.74) is 2.44. The maximum Gasteiger partial charge on any atom is 0.179 e. The van der Waals surface area contributed by atoms with Crippen LogP contribution in [0.3, 0.4) is 0 Å². The lowest BCUT2D eigenvalue weighted by Crippen LogP contribution is -2.16. The van der Waals surface area contributed by atoms with E-state index in [0.717, 1.165) is 18.7 Å². The van der Waals surface area contributed by atoms with E-state index in [0.29, 0.717) is 22.7 Å². The summed E-state index contributed by atoms with van der Waals surface area (Å²) in [6.07, 6.45) is 2.35. The Hall–Kier alpha value is -0.930. The summed E-state index contributed by atoms with van der Waals surface area (Å²) >= 11 is 6.34. The van der Waals surface area contributed by atoms with E-state index in [1.54, 1.807) is 14.2 Å². The predicted molar refractivity (Wildman–Crippen MR) is 78.6 cm³/mol. The van der Waals surface area contributed by atoms with Crippen LogP contribution >= 0.6 is 11.6 Å². The van der Waals surface area contributed by atoms with Crippen LogP contribution in [0.25, 0.3) is 0 Å². The van der Waals surface area contributed by atoms with Gasteiger partial charge in [0, 0.05) is 11.6 Å². The van der Waals surface area contributed by atoms with Crippen LogP contribution in [-0.4, -0.2) is 20.8 Å². The first-order chi connectivity index (χ1) is 9.10. The average Bonchev–Trinajstić information content (AvgIpc) is 2.90. The molecule has 0 radical (unpaired) electrons. The maximum atomic E-state index is 6.34. The molecule has 1 aromatic rings. The minimum absolute atomic E-state index is 0.360. The zero-order valence-corrected chi connectivity index (χ0v) is 12.8. The van der Waals surface area contributed by atoms with Crippen molar-refractivity contribution in [2.75, 3.05) is 20.8 Å². The fourth-order valence-corrected chi connectivity index (χ4v) is 3.15. The van der Waals surface area contributed by atoms with Crippen LogP contribution in [0.1, 0.15) is 49.8 Å². The number of halogens is 1. The number of ether oxygens (including phenoxy) is 2. The Morgan fingerprint density at radius 1 is 1.26 bits per heavy atom. The highest BCUT2D eigenvalue weighted by atomic mass is 35.5. The molecule has 1 aliphatic heterocycles. The van der Waals surface area contributed by atoms with E-state index >= 15 is 0 Å². The summed E-state index contributed by atoms with van der Waals surface area (Å²) < 4.78 is 11.0. The Morgan fingerprint density at radius 3 is 2.42 bits per heavy atom. The van der Waals surface area contributed by atoms with Gasteiger partial charge in [-0.05, 0) is 36.9 Å². The highest BCUT2D eigenvalue weighted by molar-refractivity contribution is 6.32. The van der Waals surface area contributed by atoms with Gasteiger partial charge in [-0.15, -0.1) is 0 Å². The Kier molecular flexibility index (Phi) is 4.58. The first-order valence-corrected chi connectivity index (χ1v) is 7.15. The minimum atomic E-state index is 0.360. The van der Waals surface area contributed by atoms with E-state index in [2.05, 4.69) is 19.2 Å². The smallest absolute Gasteiger partial charge is 0.179 e. The lowest BCUT2D eigenvalue weighted by Gasteiger charge is -2.23. The van der Waals surface area contributed by atoms with Crippen molar-refractivity contribution in [3.8, 4) is 11.5 Å². The number of nitrogens with one attached hydrogen (secondary N) is 1. The van der Waals surface area contributed by atoms with Gasteiger partial charge in [0.15, 0.2) is 11.5 Å². The van der Waals surface area contributed by atoms with Crippen molar-refractivity contribution < 1.29 is 9.47 Å². The summed E-state index contributed by atoms with van der Waals surface area (Å²) in [5.74, 6) is 1.77. The topological polar surface area (TPSA) is 30.5 Å². The first-order valence-electron chi connectivity index (χ1n) is 6.77. The number of hydrogen-bond donors (Lipinski definition) is 1. The Bertz CT molecular complexity index is 454. The van der Waals surface area contributed by atoms with Gasteiger partial charge in [0.25, 0.3) is 0 Å². The molecular weight excluding hydrogens is 262 g/mol. The first kappa shape index (κ1) is 14.5. The zero-order valence-electron chi connectivity index (χ0n) is 12.0. The van der Waals surface area contributed by atoms with Gasteiger partial charge in [0.2, 0.25) is 0 Å². The van der Waals surface area contributed by atoms with E-state index in [4.69, 9.17) is 21.1 Å². The molecular formula is C15H22ClNO2. The lowest BCUT2D eigenvalue weighted by atomic mass is 9.90. The fraction of sp³-hybridized carbons (Fsp3) is 0.600. The third-order valence-electron chi connectivity index (χ3n) is 3.68. The molecule has 2 rings (SSSR count). The highest BCUT2D eigenvalue weighted by Gasteiger charge is 2.27. The van der Waals surface area contributed by atoms with Crippen LogP contribution in [0.4, 0.5) is 0 Å². The quantitative estimate of drug-likeness (QED) is 0.909. The third kappa shape index (κ3) is 2.67. The molecule has 0 aromatic heterocycles. The molecule has 1 saturated heterocycles. The van der Waals surface area contributed by atoms with E-state index < -0.39 is 0 Å². The van der Waals surface area contributed by atoms with E-state index in [-0.39, 0.29) is 0 Å². The van der Waals surface area contributed by atoms with Crippen molar-refractivity contribution in [1.29, 1.82) is 0 Å². The van der Waals surface area contributed by atoms with Crippen LogP contribution in [0, 0.1) is 0 Å². The van der Waals surface area contributed by atoms with Gasteiger partial charge >= 0.3 is 0 Å². The van der Waals surface area contributed by atoms with Crippen molar-refractivity contribution in [3.63, 3.8) is 0 Å². The standard InChI is InChI=1S/C15H22ClNO2/c1-9(2)13-10(12-6-5-7-17-12)8-11(16)14(18-3)15(13)19-4/h8-9,12,17H,5-7H2,1-4H3. The summed E-state index contributed by atoms with van der Waals surface area (Å²) in [5, 5.41) is 4.15. The third-order valence-corrected chi connectivity index (χ3v) is 3.96. The molecule has 1 atom stereocenters. The monoisotopic (exact) mass is 283 g/mol. The molecule has 3 nitrogen and oxygen atoms in total. The van der Waals surface area contributed by atoms with Crippen LogP contribution in [0.15, 0.2) is 6.07 Å². The molecule has 4 heteroatoms. The van der Waals surface area contributed by atoms with Crippen molar-refractivity contribution in [1.82, 2.24) is 5.32 Å². The van der Waals surface area contributed by atoms with Gasteiger partial charge in [0.05, 0.1) is 19.2 Å². The molecule has 106 valence electrons.